The first-order valence-electron chi connectivity index (χ1n) is 9.61. The summed E-state index contributed by atoms with van der Waals surface area (Å²) in [6, 6.07) is 1.69. The summed E-state index contributed by atoms with van der Waals surface area (Å²) in [7, 11) is 0. The van der Waals surface area contributed by atoms with Crippen LogP contribution in [0.1, 0.15) is 52.1 Å². The van der Waals surface area contributed by atoms with Crippen molar-refractivity contribution in [1.29, 1.82) is 0 Å². The molecule has 2 aromatic heterocycles. The van der Waals surface area contributed by atoms with E-state index >= 15 is 0 Å². The fraction of sp³-hybridized carbons (Fsp3) is 0.600. The van der Waals surface area contributed by atoms with E-state index in [1.807, 2.05) is 33.8 Å². The lowest BCUT2D eigenvalue weighted by Crippen LogP contribution is -2.53. The standard InChI is InChI=1S/C20H30N4O3/c1-6-24-12(2)9-16(14(24)4)20(26)21-18-7-8-23(11-19(18)25)10-17-13(3)22-27-15(17)5/h9,18-19,25H,6-8,10-11H2,1-5H3,(H,21,26)/t18-,19-/m1/s1. The Kier molecular flexibility index (Phi) is 5.72. The number of rotatable bonds is 5. The number of hydrogen-bond donors (Lipinski definition) is 2. The van der Waals surface area contributed by atoms with Gasteiger partial charge in [0.05, 0.1) is 23.4 Å². The third kappa shape index (κ3) is 3.94. The van der Waals surface area contributed by atoms with E-state index in [0.717, 1.165) is 41.5 Å². The molecule has 2 aromatic rings. The van der Waals surface area contributed by atoms with Crippen molar-refractivity contribution in [2.45, 2.75) is 66.3 Å². The van der Waals surface area contributed by atoms with Gasteiger partial charge in [0, 0.05) is 43.1 Å². The van der Waals surface area contributed by atoms with E-state index < -0.39 is 6.10 Å². The summed E-state index contributed by atoms with van der Waals surface area (Å²) in [4.78, 5) is 14.9. The van der Waals surface area contributed by atoms with Crippen LogP contribution >= 0.6 is 0 Å². The van der Waals surface area contributed by atoms with Crippen LogP contribution in [-0.4, -0.2) is 50.9 Å². The Morgan fingerprint density at radius 1 is 1.37 bits per heavy atom. The molecule has 1 amide bonds. The number of likely N-dealkylation sites (tertiary alicyclic amines) is 1. The smallest absolute Gasteiger partial charge is 0.253 e. The van der Waals surface area contributed by atoms with Crippen LogP contribution in [-0.2, 0) is 13.1 Å². The largest absolute Gasteiger partial charge is 0.390 e. The molecular weight excluding hydrogens is 344 g/mol. The quantitative estimate of drug-likeness (QED) is 0.837. The van der Waals surface area contributed by atoms with Gasteiger partial charge in [-0.1, -0.05) is 5.16 Å². The Hall–Kier alpha value is -2.12. The molecule has 0 spiro atoms. The lowest BCUT2D eigenvalue weighted by molar-refractivity contribution is 0.0347. The Balaban J connectivity index is 1.61. The third-order valence-electron chi connectivity index (χ3n) is 5.68. The molecule has 2 N–H and O–H groups in total. The zero-order chi connectivity index (χ0) is 19.7. The van der Waals surface area contributed by atoms with Gasteiger partial charge in [-0.25, -0.2) is 0 Å². The van der Waals surface area contributed by atoms with Crippen molar-refractivity contribution in [3.05, 3.63) is 40.0 Å². The first-order valence-corrected chi connectivity index (χ1v) is 9.61. The van der Waals surface area contributed by atoms with Gasteiger partial charge in [-0.2, -0.15) is 0 Å². The van der Waals surface area contributed by atoms with Crippen LogP contribution in [0, 0.1) is 27.7 Å². The molecule has 0 aromatic carbocycles. The van der Waals surface area contributed by atoms with Crippen molar-refractivity contribution >= 4 is 5.91 Å². The van der Waals surface area contributed by atoms with E-state index in [-0.39, 0.29) is 11.9 Å². The van der Waals surface area contributed by atoms with Crippen LogP contribution in [0.4, 0.5) is 0 Å². The minimum absolute atomic E-state index is 0.106. The van der Waals surface area contributed by atoms with Gasteiger partial charge in [0.25, 0.3) is 5.91 Å². The number of aromatic nitrogens is 2. The Labute approximate surface area is 160 Å². The maximum absolute atomic E-state index is 12.7. The van der Waals surface area contributed by atoms with Gasteiger partial charge in [-0.05, 0) is 47.1 Å². The maximum Gasteiger partial charge on any atom is 0.253 e. The second-order valence-corrected chi connectivity index (χ2v) is 7.50. The van der Waals surface area contributed by atoms with Crippen molar-refractivity contribution in [2.75, 3.05) is 13.1 Å². The molecule has 3 rings (SSSR count). The zero-order valence-electron chi connectivity index (χ0n) is 16.9. The summed E-state index contributed by atoms with van der Waals surface area (Å²) in [6.07, 6.45) is 0.112. The van der Waals surface area contributed by atoms with Crippen molar-refractivity contribution in [3.8, 4) is 0 Å². The Bertz CT molecular complexity index is 804. The SMILES string of the molecule is CCn1c(C)cc(C(=O)N[C@@H]2CCN(Cc3c(C)noc3C)C[C@H]2O)c1C. The van der Waals surface area contributed by atoms with Gasteiger partial charge >= 0.3 is 0 Å². The number of carbonyl (C=O) groups excluding carboxylic acids is 1. The molecule has 0 bridgehead atoms. The number of hydrogen-bond acceptors (Lipinski definition) is 5. The van der Waals surface area contributed by atoms with Gasteiger partial charge in [0.2, 0.25) is 0 Å². The van der Waals surface area contributed by atoms with Gasteiger partial charge in [-0.3, -0.25) is 9.69 Å². The highest BCUT2D eigenvalue weighted by atomic mass is 16.5. The first kappa shape index (κ1) is 19.6. The molecule has 1 aliphatic heterocycles. The molecule has 7 heteroatoms. The van der Waals surface area contributed by atoms with E-state index in [4.69, 9.17) is 4.52 Å². The van der Waals surface area contributed by atoms with Gasteiger partial charge < -0.3 is 19.5 Å². The topological polar surface area (TPSA) is 83.5 Å². The molecule has 0 unspecified atom stereocenters. The average molecular weight is 374 g/mol. The lowest BCUT2D eigenvalue weighted by atomic mass is 10.0. The number of nitrogens with zero attached hydrogens (tertiary/aromatic N) is 3. The lowest BCUT2D eigenvalue weighted by Gasteiger charge is -2.36. The predicted octanol–water partition coefficient (Wildman–Crippen LogP) is 2.09. The van der Waals surface area contributed by atoms with E-state index in [1.54, 1.807) is 0 Å². The summed E-state index contributed by atoms with van der Waals surface area (Å²) in [5, 5.41) is 17.6. The van der Waals surface area contributed by atoms with Crippen LogP contribution in [0.25, 0.3) is 0 Å². The molecule has 0 saturated carbocycles. The number of nitrogens with one attached hydrogen (secondary N) is 1. The summed E-state index contributed by atoms with van der Waals surface area (Å²) in [5.41, 5.74) is 4.72. The normalized spacial score (nSPS) is 20.8. The highest BCUT2D eigenvalue weighted by Crippen LogP contribution is 2.20. The van der Waals surface area contributed by atoms with E-state index in [9.17, 15) is 9.90 Å². The molecule has 3 heterocycles. The van der Waals surface area contributed by atoms with Crippen LogP contribution in [0.2, 0.25) is 0 Å². The highest BCUT2D eigenvalue weighted by Gasteiger charge is 2.30. The molecule has 0 radical (unpaired) electrons. The number of amides is 1. The molecule has 1 fully saturated rings. The fourth-order valence-corrected chi connectivity index (χ4v) is 4.02. The van der Waals surface area contributed by atoms with Crippen LogP contribution < -0.4 is 5.32 Å². The molecule has 27 heavy (non-hydrogen) atoms. The molecular formula is C20H30N4O3. The van der Waals surface area contributed by atoms with Crippen molar-refractivity contribution < 1.29 is 14.4 Å². The average Bonchev–Trinajstić information content (AvgIpc) is 3.09. The molecule has 1 aliphatic rings. The van der Waals surface area contributed by atoms with E-state index in [2.05, 4.69) is 26.9 Å². The highest BCUT2D eigenvalue weighted by molar-refractivity contribution is 5.96. The molecule has 7 nitrogen and oxygen atoms in total. The maximum atomic E-state index is 12.7. The van der Waals surface area contributed by atoms with Crippen molar-refractivity contribution in [2.24, 2.45) is 0 Å². The second kappa shape index (κ2) is 7.86. The minimum atomic E-state index is -0.599. The van der Waals surface area contributed by atoms with E-state index in [1.165, 1.54) is 0 Å². The summed E-state index contributed by atoms with van der Waals surface area (Å²) >= 11 is 0. The van der Waals surface area contributed by atoms with Crippen molar-refractivity contribution in [1.82, 2.24) is 19.9 Å². The molecule has 0 aliphatic carbocycles. The zero-order valence-corrected chi connectivity index (χ0v) is 16.9. The Morgan fingerprint density at radius 3 is 2.67 bits per heavy atom. The third-order valence-corrected chi connectivity index (χ3v) is 5.68. The van der Waals surface area contributed by atoms with Gasteiger partial charge in [0.15, 0.2) is 0 Å². The number of aliphatic hydroxyl groups is 1. The van der Waals surface area contributed by atoms with Gasteiger partial charge in [-0.15, -0.1) is 0 Å². The van der Waals surface area contributed by atoms with Crippen LogP contribution in [0.3, 0.4) is 0 Å². The summed E-state index contributed by atoms with van der Waals surface area (Å²) in [5.74, 6) is 0.717. The predicted molar refractivity (Wildman–Crippen MR) is 103 cm³/mol. The molecule has 148 valence electrons. The second-order valence-electron chi connectivity index (χ2n) is 7.50. The summed E-state index contributed by atoms with van der Waals surface area (Å²) in [6.45, 7) is 12.8. The van der Waals surface area contributed by atoms with E-state index in [0.29, 0.717) is 25.1 Å². The number of aliphatic hydroxyl groups excluding tert-OH is 1. The number of piperidine rings is 1. The Morgan fingerprint density at radius 2 is 2.11 bits per heavy atom. The van der Waals surface area contributed by atoms with Gasteiger partial charge in [0.1, 0.15) is 5.76 Å². The summed E-state index contributed by atoms with van der Waals surface area (Å²) < 4.78 is 7.34. The molecule has 1 saturated heterocycles. The first-order chi connectivity index (χ1) is 12.8. The van der Waals surface area contributed by atoms with Crippen molar-refractivity contribution in [3.63, 3.8) is 0 Å². The van der Waals surface area contributed by atoms with Crippen LogP contribution in [0.5, 0.6) is 0 Å². The number of aryl methyl sites for hydroxylation is 3. The monoisotopic (exact) mass is 374 g/mol. The van der Waals surface area contributed by atoms with Crippen LogP contribution in [0.15, 0.2) is 10.6 Å². The fourth-order valence-electron chi connectivity index (χ4n) is 4.02. The molecule has 2 atom stereocenters. The number of carbonyl (C=O) groups is 1. The number of β-amino-alcohol motifs (C(OH)–C–C–N with tert-alkyl or cyclic N) is 1. The minimum Gasteiger partial charge on any atom is -0.390 e.